The fourth-order valence-electron chi connectivity index (χ4n) is 2.22. The SMILES string of the molecule is C[C@H](NC[C@H](CCO)c1ccccc1)c1ccco1. The Balaban J connectivity index is 1.94. The van der Waals surface area contributed by atoms with E-state index in [4.69, 9.17) is 4.42 Å². The molecular formula is C16H21NO2. The molecule has 2 rings (SSSR count). The predicted octanol–water partition coefficient (Wildman–Crippen LogP) is 3.10. The van der Waals surface area contributed by atoms with Gasteiger partial charge in [-0.15, -0.1) is 0 Å². The van der Waals surface area contributed by atoms with Gasteiger partial charge in [0.25, 0.3) is 0 Å². The minimum atomic E-state index is 0.180. The van der Waals surface area contributed by atoms with Crippen molar-refractivity contribution in [1.82, 2.24) is 5.32 Å². The summed E-state index contributed by atoms with van der Waals surface area (Å²) in [6.07, 6.45) is 2.46. The number of aliphatic hydroxyl groups excluding tert-OH is 1. The molecule has 1 aromatic carbocycles. The van der Waals surface area contributed by atoms with Crippen molar-refractivity contribution in [2.75, 3.05) is 13.2 Å². The van der Waals surface area contributed by atoms with Gasteiger partial charge in [-0.25, -0.2) is 0 Å². The van der Waals surface area contributed by atoms with E-state index in [0.717, 1.165) is 18.7 Å². The highest BCUT2D eigenvalue weighted by molar-refractivity contribution is 5.20. The van der Waals surface area contributed by atoms with Crippen LogP contribution < -0.4 is 5.32 Å². The smallest absolute Gasteiger partial charge is 0.120 e. The molecule has 1 heterocycles. The zero-order chi connectivity index (χ0) is 13.5. The third kappa shape index (κ3) is 3.94. The molecule has 0 fully saturated rings. The van der Waals surface area contributed by atoms with E-state index in [2.05, 4.69) is 24.4 Å². The van der Waals surface area contributed by atoms with Crippen molar-refractivity contribution in [2.45, 2.75) is 25.3 Å². The molecule has 0 amide bonds. The maximum Gasteiger partial charge on any atom is 0.120 e. The van der Waals surface area contributed by atoms with Gasteiger partial charge in [0, 0.05) is 13.2 Å². The lowest BCUT2D eigenvalue weighted by molar-refractivity contribution is 0.271. The topological polar surface area (TPSA) is 45.4 Å². The number of furan rings is 1. The average Bonchev–Trinajstić information content (AvgIpc) is 2.98. The van der Waals surface area contributed by atoms with Gasteiger partial charge in [0.2, 0.25) is 0 Å². The highest BCUT2D eigenvalue weighted by Gasteiger charge is 2.14. The second-order valence-corrected chi connectivity index (χ2v) is 4.77. The summed E-state index contributed by atoms with van der Waals surface area (Å²) in [5.74, 6) is 1.26. The van der Waals surface area contributed by atoms with Gasteiger partial charge >= 0.3 is 0 Å². The van der Waals surface area contributed by atoms with Crippen molar-refractivity contribution in [2.24, 2.45) is 0 Å². The molecule has 0 aliphatic heterocycles. The molecule has 1 aromatic heterocycles. The van der Waals surface area contributed by atoms with Crippen molar-refractivity contribution in [3.05, 3.63) is 60.1 Å². The fourth-order valence-corrected chi connectivity index (χ4v) is 2.22. The van der Waals surface area contributed by atoms with E-state index in [1.807, 2.05) is 30.3 Å². The van der Waals surface area contributed by atoms with E-state index in [-0.39, 0.29) is 12.6 Å². The first-order valence-electron chi connectivity index (χ1n) is 6.74. The molecule has 0 spiro atoms. The molecule has 0 unspecified atom stereocenters. The second kappa shape index (κ2) is 7.12. The minimum Gasteiger partial charge on any atom is -0.468 e. The Hall–Kier alpha value is -1.58. The molecule has 102 valence electrons. The monoisotopic (exact) mass is 259 g/mol. The van der Waals surface area contributed by atoms with Gasteiger partial charge < -0.3 is 14.8 Å². The molecular weight excluding hydrogens is 238 g/mol. The van der Waals surface area contributed by atoms with Gasteiger partial charge in [0.15, 0.2) is 0 Å². The Kier molecular flexibility index (Phi) is 5.19. The normalized spacial score (nSPS) is 14.2. The van der Waals surface area contributed by atoms with Crippen molar-refractivity contribution in [3.8, 4) is 0 Å². The van der Waals surface area contributed by atoms with E-state index in [1.54, 1.807) is 6.26 Å². The van der Waals surface area contributed by atoms with Gasteiger partial charge in [0.05, 0.1) is 12.3 Å². The quantitative estimate of drug-likeness (QED) is 0.803. The second-order valence-electron chi connectivity index (χ2n) is 4.77. The van der Waals surface area contributed by atoms with Crippen LogP contribution in [0.3, 0.4) is 0 Å². The Morgan fingerprint density at radius 2 is 1.95 bits per heavy atom. The summed E-state index contributed by atoms with van der Waals surface area (Å²) >= 11 is 0. The lowest BCUT2D eigenvalue weighted by atomic mass is 9.95. The van der Waals surface area contributed by atoms with Crippen LogP contribution in [-0.2, 0) is 0 Å². The first-order chi connectivity index (χ1) is 9.31. The van der Waals surface area contributed by atoms with Crippen LogP contribution in [0.15, 0.2) is 53.1 Å². The van der Waals surface area contributed by atoms with Crippen molar-refractivity contribution < 1.29 is 9.52 Å². The van der Waals surface area contributed by atoms with Crippen LogP contribution in [0.25, 0.3) is 0 Å². The first kappa shape index (κ1) is 13.8. The van der Waals surface area contributed by atoms with E-state index in [9.17, 15) is 5.11 Å². The third-order valence-electron chi connectivity index (χ3n) is 3.39. The van der Waals surface area contributed by atoms with E-state index < -0.39 is 0 Å². The number of aliphatic hydroxyl groups is 1. The van der Waals surface area contributed by atoms with Gasteiger partial charge in [-0.1, -0.05) is 30.3 Å². The molecule has 0 saturated carbocycles. The van der Waals surface area contributed by atoms with Gasteiger partial charge in [-0.3, -0.25) is 0 Å². The largest absolute Gasteiger partial charge is 0.468 e. The molecule has 0 radical (unpaired) electrons. The summed E-state index contributed by atoms with van der Waals surface area (Å²) in [5.41, 5.74) is 1.26. The Bertz CT molecular complexity index is 453. The lowest BCUT2D eigenvalue weighted by Gasteiger charge is -2.19. The van der Waals surface area contributed by atoms with Crippen LogP contribution in [0.2, 0.25) is 0 Å². The van der Waals surface area contributed by atoms with Crippen molar-refractivity contribution >= 4 is 0 Å². The number of hydrogen-bond donors (Lipinski definition) is 2. The average molecular weight is 259 g/mol. The van der Waals surface area contributed by atoms with Gasteiger partial charge in [0.1, 0.15) is 5.76 Å². The lowest BCUT2D eigenvalue weighted by Crippen LogP contribution is -2.25. The maximum absolute atomic E-state index is 9.20. The van der Waals surface area contributed by atoms with E-state index in [0.29, 0.717) is 5.92 Å². The van der Waals surface area contributed by atoms with Crippen LogP contribution >= 0.6 is 0 Å². The molecule has 2 aromatic rings. The van der Waals surface area contributed by atoms with E-state index >= 15 is 0 Å². The van der Waals surface area contributed by atoms with Crippen LogP contribution in [0.5, 0.6) is 0 Å². The van der Waals surface area contributed by atoms with Gasteiger partial charge in [-0.05, 0) is 37.0 Å². The number of rotatable bonds is 7. The van der Waals surface area contributed by atoms with Gasteiger partial charge in [-0.2, -0.15) is 0 Å². The van der Waals surface area contributed by atoms with E-state index in [1.165, 1.54) is 5.56 Å². The molecule has 0 aliphatic carbocycles. The minimum absolute atomic E-state index is 0.180. The third-order valence-corrected chi connectivity index (χ3v) is 3.39. The standard InChI is InChI=1S/C16H21NO2/c1-13(16-8-5-11-19-16)17-12-15(9-10-18)14-6-3-2-4-7-14/h2-8,11,13,15,17-18H,9-10,12H2,1H3/t13-,15-/m0/s1. The molecule has 0 saturated heterocycles. The summed E-state index contributed by atoms with van der Waals surface area (Å²) in [4.78, 5) is 0. The Morgan fingerprint density at radius 1 is 1.16 bits per heavy atom. The van der Waals surface area contributed by atoms with Crippen molar-refractivity contribution in [1.29, 1.82) is 0 Å². The first-order valence-corrected chi connectivity index (χ1v) is 6.74. The summed E-state index contributed by atoms with van der Waals surface area (Å²) in [7, 11) is 0. The number of nitrogens with one attached hydrogen (secondary N) is 1. The predicted molar refractivity (Wildman–Crippen MR) is 76.0 cm³/mol. The summed E-state index contributed by atoms with van der Waals surface area (Å²) in [5, 5.41) is 12.7. The Labute approximate surface area is 114 Å². The van der Waals surface area contributed by atoms with Crippen LogP contribution in [0, 0.1) is 0 Å². The van der Waals surface area contributed by atoms with Crippen molar-refractivity contribution in [3.63, 3.8) is 0 Å². The summed E-state index contributed by atoms with van der Waals surface area (Å²) in [6.45, 7) is 3.11. The van der Waals surface area contributed by atoms with Crippen LogP contribution in [-0.4, -0.2) is 18.3 Å². The maximum atomic E-state index is 9.20. The van der Waals surface area contributed by atoms with Crippen LogP contribution in [0.4, 0.5) is 0 Å². The fraction of sp³-hybridized carbons (Fsp3) is 0.375. The zero-order valence-corrected chi connectivity index (χ0v) is 11.3. The molecule has 2 N–H and O–H groups in total. The summed E-state index contributed by atoms with van der Waals surface area (Å²) < 4.78 is 5.38. The summed E-state index contributed by atoms with van der Waals surface area (Å²) in [6, 6.07) is 14.4. The highest BCUT2D eigenvalue weighted by atomic mass is 16.3. The number of hydrogen-bond acceptors (Lipinski definition) is 3. The Morgan fingerprint density at radius 3 is 2.58 bits per heavy atom. The number of benzene rings is 1. The molecule has 19 heavy (non-hydrogen) atoms. The molecule has 0 bridgehead atoms. The molecule has 2 atom stereocenters. The molecule has 0 aliphatic rings. The molecule has 3 heteroatoms. The zero-order valence-electron chi connectivity index (χ0n) is 11.3. The molecule has 3 nitrogen and oxygen atoms in total. The van der Waals surface area contributed by atoms with Crippen LogP contribution in [0.1, 0.15) is 36.6 Å². The highest BCUT2D eigenvalue weighted by Crippen LogP contribution is 2.20.